The Morgan fingerprint density at radius 3 is 2.33 bits per heavy atom. The molecule has 5 heteroatoms. The monoisotopic (exact) mass is 411 g/mol. The molecule has 0 bridgehead atoms. The van der Waals surface area contributed by atoms with Crippen molar-refractivity contribution in [2.45, 2.75) is 20.0 Å². The zero-order valence-corrected chi connectivity index (χ0v) is 14.9. The quantitative estimate of drug-likeness (QED) is 0.744. The largest absolute Gasteiger partial charge is 0.489 e. The highest BCUT2D eigenvalue weighted by Gasteiger charge is 2.11. The van der Waals surface area contributed by atoms with E-state index in [1.165, 1.54) is 0 Å². The van der Waals surface area contributed by atoms with Gasteiger partial charge in [0.1, 0.15) is 5.75 Å². The SMILES string of the molecule is CC(C)Oc1ccccc1NC(=O)c1cc(Br)cc(Br)c1. The highest BCUT2D eigenvalue weighted by molar-refractivity contribution is 9.11. The van der Waals surface area contributed by atoms with Gasteiger partial charge in [0.25, 0.3) is 5.91 Å². The van der Waals surface area contributed by atoms with E-state index in [0.29, 0.717) is 17.0 Å². The predicted molar refractivity (Wildman–Crippen MR) is 92.0 cm³/mol. The first kappa shape index (κ1) is 16.0. The summed E-state index contributed by atoms with van der Waals surface area (Å²) in [5, 5.41) is 2.88. The van der Waals surface area contributed by atoms with Gasteiger partial charge in [-0.2, -0.15) is 0 Å². The van der Waals surface area contributed by atoms with Crippen molar-refractivity contribution < 1.29 is 9.53 Å². The number of ether oxygens (including phenoxy) is 1. The van der Waals surface area contributed by atoms with Crippen LogP contribution < -0.4 is 10.1 Å². The number of amides is 1. The second-order valence-electron chi connectivity index (χ2n) is 4.78. The van der Waals surface area contributed by atoms with E-state index < -0.39 is 0 Å². The molecule has 0 aliphatic rings. The molecule has 0 spiro atoms. The van der Waals surface area contributed by atoms with E-state index in [1.54, 1.807) is 12.1 Å². The second kappa shape index (κ2) is 7.09. The number of rotatable bonds is 4. The van der Waals surface area contributed by atoms with Crippen LogP contribution in [0.1, 0.15) is 24.2 Å². The molecule has 0 atom stereocenters. The average molecular weight is 413 g/mol. The predicted octanol–water partition coefficient (Wildman–Crippen LogP) is 5.25. The van der Waals surface area contributed by atoms with Gasteiger partial charge in [-0.3, -0.25) is 4.79 Å². The van der Waals surface area contributed by atoms with Crippen molar-refractivity contribution >= 4 is 43.5 Å². The van der Waals surface area contributed by atoms with Gasteiger partial charge < -0.3 is 10.1 Å². The number of carbonyl (C=O) groups excluding carboxylic acids is 1. The molecule has 0 saturated carbocycles. The van der Waals surface area contributed by atoms with Crippen LogP contribution in [-0.4, -0.2) is 12.0 Å². The molecular formula is C16H15Br2NO2. The summed E-state index contributed by atoms with van der Waals surface area (Å²) >= 11 is 6.76. The van der Waals surface area contributed by atoms with E-state index >= 15 is 0 Å². The number of nitrogens with one attached hydrogen (secondary N) is 1. The van der Waals surface area contributed by atoms with Crippen LogP contribution in [0.4, 0.5) is 5.69 Å². The van der Waals surface area contributed by atoms with Crippen LogP contribution in [0.2, 0.25) is 0 Å². The van der Waals surface area contributed by atoms with Crippen LogP contribution in [0.25, 0.3) is 0 Å². The average Bonchev–Trinajstić information content (AvgIpc) is 2.39. The maximum atomic E-state index is 12.3. The maximum absolute atomic E-state index is 12.3. The van der Waals surface area contributed by atoms with Gasteiger partial charge in [0.15, 0.2) is 0 Å². The Labute approximate surface area is 141 Å². The summed E-state index contributed by atoms with van der Waals surface area (Å²) in [7, 11) is 0. The molecule has 2 aromatic rings. The molecule has 0 radical (unpaired) electrons. The third-order valence-corrected chi connectivity index (χ3v) is 3.54. The molecule has 21 heavy (non-hydrogen) atoms. The zero-order chi connectivity index (χ0) is 15.4. The molecule has 0 heterocycles. The Morgan fingerprint density at radius 2 is 1.71 bits per heavy atom. The first-order valence-corrected chi connectivity index (χ1v) is 8.07. The number of carbonyl (C=O) groups is 1. The van der Waals surface area contributed by atoms with Crippen molar-refractivity contribution in [3.05, 3.63) is 57.0 Å². The number of benzene rings is 2. The Bertz CT molecular complexity index is 636. The molecule has 0 aliphatic heterocycles. The molecule has 1 N–H and O–H groups in total. The molecule has 0 aliphatic carbocycles. The summed E-state index contributed by atoms with van der Waals surface area (Å²) in [6.45, 7) is 3.90. The van der Waals surface area contributed by atoms with Crippen LogP contribution in [0, 0.1) is 0 Å². The second-order valence-corrected chi connectivity index (χ2v) is 6.61. The lowest BCUT2D eigenvalue weighted by atomic mass is 10.2. The van der Waals surface area contributed by atoms with Crippen LogP contribution in [0.5, 0.6) is 5.75 Å². The number of hydrogen-bond donors (Lipinski definition) is 1. The first-order valence-electron chi connectivity index (χ1n) is 6.49. The van der Waals surface area contributed by atoms with Gasteiger partial charge in [0.2, 0.25) is 0 Å². The molecule has 2 aromatic carbocycles. The number of halogens is 2. The molecule has 0 aromatic heterocycles. The van der Waals surface area contributed by atoms with Gasteiger partial charge in [-0.15, -0.1) is 0 Å². The standard InChI is InChI=1S/C16H15Br2NO2/c1-10(2)21-15-6-4-3-5-14(15)19-16(20)11-7-12(17)9-13(18)8-11/h3-10H,1-2H3,(H,19,20). The molecule has 0 unspecified atom stereocenters. The van der Waals surface area contributed by atoms with E-state index in [2.05, 4.69) is 37.2 Å². The first-order chi connectivity index (χ1) is 9.95. The number of para-hydroxylation sites is 2. The summed E-state index contributed by atoms with van der Waals surface area (Å²) in [5.41, 5.74) is 1.22. The highest BCUT2D eigenvalue weighted by Crippen LogP contribution is 2.26. The van der Waals surface area contributed by atoms with Crippen molar-refractivity contribution in [1.29, 1.82) is 0 Å². The minimum Gasteiger partial charge on any atom is -0.489 e. The van der Waals surface area contributed by atoms with E-state index in [9.17, 15) is 4.79 Å². The number of hydrogen-bond acceptors (Lipinski definition) is 2. The van der Waals surface area contributed by atoms with Crippen LogP contribution in [0.3, 0.4) is 0 Å². The summed E-state index contributed by atoms with van der Waals surface area (Å²) in [6, 6.07) is 12.8. The smallest absolute Gasteiger partial charge is 0.255 e. The fourth-order valence-electron chi connectivity index (χ4n) is 1.81. The van der Waals surface area contributed by atoms with Gasteiger partial charge in [-0.1, -0.05) is 44.0 Å². The lowest BCUT2D eigenvalue weighted by Gasteiger charge is -2.15. The Balaban J connectivity index is 2.23. The van der Waals surface area contributed by atoms with Crippen molar-refractivity contribution in [2.24, 2.45) is 0 Å². The Kier molecular flexibility index (Phi) is 5.42. The van der Waals surface area contributed by atoms with E-state index in [4.69, 9.17) is 4.74 Å². The summed E-state index contributed by atoms with van der Waals surface area (Å²) in [5.74, 6) is 0.478. The lowest BCUT2D eigenvalue weighted by Crippen LogP contribution is -2.14. The molecule has 0 saturated heterocycles. The Hall–Kier alpha value is -1.33. The summed E-state index contributed by atoms with van der Waals surface area (Å²) in [4.78, 5) is 12.3. The topological polar surface area (TPSA) is 38.3 Å². The minimum absolute atomic E-state index is 0.0445. The van der Waals surface area contributed by atoms with Crippen molar-refractivity contribution in [1.82, 2.24) is 0 Å². The third-order valence-electron chi connectivity index (χ3n) is 2.62. The van der Waals surface area contributed by atoms with E-state index in [-0.39, 0.29) is 12.0 Å². The van der Waals surface area contributed by atoms with Gasteiger partial charge in [0, 0.05) is 14.5 Å². The normalized spacial score (nSPS) is 10.5. The lowest BCUT2D eigenvalue weighted by molar-refractivity contribution is 0.102. The van der Waals surface area contributed by atoms with E-state index in [0.717, 1.165) is 8.95 Å². The van der Waals surface area contributed by atoms with Gasteiger partial charge >= 0.3 is 0 Å². The molecular weight excluding hydrogens is 398 g/mol. The van der Waals surface area contributed by atoms with Gasteiger partial charge in [-0.25, -0.2) is 0 Å². The fraction of sp³-hybridized carbons (Fsp3) is 0.188. The minimum atomic E-state index is -0.184. The van der Waals surface area contributed by atoms with Crippen LogP contribution in [-0.2, 0) is 0 Å². The highest BCUT2D eigenvalue weighted by atomic mass is 79.9. The van der Waals surface area contributed by atoms with Gasteiger partial charge in [0.05, 0.1) is 11.8 Å². The van der Waals surface area contributed by atoms with Crippen molar-refractivity contribution in [3.63, 3.8) is 0 Å². The molecule has 3 nitrogen and oxygen atoms in total. The van der Waals surface area contributed by atoms with Gasteiger partial charge in [-0.05, 0) is 44.2 Å². The number of anilines is 1. The molecule has 110 valence electrons. The third kappa shape index (κ3) is 4.58. The molecule has 1 amide bonds. The maximum Gasteiger partial charge on any atom is 0.255 e. The summed E-state index contributed by atoms with van der Waals surface area (Å²) in [6.07, 6.45) is 0.0445. The van der Waals surface area contributed by atoms with Crippen LogP contribution in [0.15, 0.2) is 51.4 Å². The Morgan fingerprint density at radius 1 is 1.10 bits per heavy atom. The summed E-state index contributed by atoms with van der Waals surface area (Å²) < 4.78 is 7.38. The van der Waals surface area contributed by atoms with Crippen molar-refractivity contribution in [2.75, 3.05) is 5.32 Å². The fourth-order valence-corrected chi connectivity index (χ4v) is 3.10. The van der Waals surface area contributed by atoms with Crippen LogP contribution >= 0.6 is 31.9 Å². The molecule has 0 fully saturated rings. The van der Waals surface area contributed by atoms with E-state index in [1.807, 2.05) is 44.2 Å². The van der Waals surface area contributed by atoms with Crippen molar-refractivity contribution in [3.8, 4) is 5.75 Å². The molecule has 2 rings (SSSR count). The zero-order valence-electron chi connectivity index (χ0n) is 11.7.